The van der Waals surface area contributed by atoms with E-state index in [1.807, 2.05) is 28.8 Å². The van der Waals surface area contributed by atoms with Crippen LogP contribution in [-0.4, -0.2) is 51.9 Å². The van der Waals surface area contributed by atoms with Crippen molar-refractivity contribution in [1.29, 1.82) is 0 Å². The molecule has 0 atom stereocenters. The first-order chi connectivity index (χ1) is 12.6. The molecule has 2 saturated heterocycles. The minimum Gasteiger partial charge on any atom is -0.338 e. The second kappa shape index (κ2) is 7.43. The summed E-state index contributed by atoms with van der Waals surface area (Å²) in [6.45, 7) is 2.23. The molecule has 4 nitrogen and oxygen atoms in total. The third kappa shape index (κ3) is 3.24. The molecule has 1 aliphatic carbocycles. The Morgan fingerprint density at radius 3 is 2.46 bits per heavy atom. The van der Waals surface area contributed by atoms with Gasteiger partial charge < -0.3 is 9.80 Å². The topological polar surface area (TPSA) is 40.6 Å². The SMILES string of the molecule is O=C(c1ccccc1Cl)N1CCC2(CC1)SCCN2C(=O)C1CCCC1. The average Bonchev–Trinajstić information content (AvgIpc) is 3.32. The van der Waals surface area contributed by atoms with Gasteiger partial charge in [-0.05, 0) is 37.8 Å². The van der Waals surface area contributed by atoms with Gasteiger partial charge >= 0.3 is 0 Å². The number of amides is 2. The lowest BCUT2D eigenvalue weighted by Crippen LogP contribution is -2.54. The van der Waals surface area contributed by atoms with Gasteiger partial charge in [0, 0.05) is 31.3 Å². The average molecular weight is 393 g/mol. The molecule has 1 aromatic rings. The van der Waals surface area contributed by atoms with Gasteiger partial charge in [0.15, 0.2) is 0 Å². The molecule has 0 bridgehead atoms. The fourth-order valence-corrected chi connectivity index (χ4v) is 6.27. The predicted octanol–water partition coefficient (Wildman–Crippen LogP) is 4.04. The number of thioether (sulfide) groups is 1. The molecular weight excluding hydrogens is 368 g/mol. The van der Waals surface area contributed by atoms with E-state index in [4.69, 9.17) is 11.6 Å². The number of carbonyl (C=O) groups excluding carboxylic acids is 2. The Hall–Kier alpha value is -1.20. The third-order valence-electron chi connectivity index (χ3n) is 6.08. The predicted molar refractivity (Wildman–Crippen MR) is 105 cm³/mol. The van der Waals surface area contributed by atoms with Crippen molar-refractivity contribution in [3.05, 3.63) is 34.9 Å². The second-order valence-corrected chi connectivity index (χ2v) is 9.40. The first-order valence-electron chi connectivity index (χ1n) is 9.60. The Morgan fingerprint density at radius 2 is 1.77 bits per heavy atom. The summed E-state index contributed by atoms with van der Waals surface area (Å²) in [5.74, 6) is 1.60. The fraction of sp³-hybridized carbons (Fsp3) is 0.600. The molecule has 0 unspecified atom stereocenters. The maximum Gasteiger partial charge on any atom is 0.255 e. The van der Waals surface area contributed by atoms with Gasteiger partial charge in [-0.3, -0.25) is 9.59 Å². The van der Waals surface area contributed by atoms with E-state index in [9.17, 15) is 9.59 Å². The van der Waals surface area contributed by atoms with Crippen molar-refractivity contribution in [2.24, 2.45) is 5.92 Å². The van der Waals surface area contributed by atoms with Crippen LogP contribution in [0.25, 0.3) is 0 Å². The number of halogens is 1. The van der Waals surface area contributed by atoms with E-state index in [1.54, 1.807) is 12.1 Å². The highest BCUT2D eigenvalue weighted by atomic mass is 35.5. The quantitative estimate of drug-likeness (QED) is 0.762. The van der Waals surface area contributed by atoms with E-state index in [-0.39, 0.29) is 16.7 Å². The molecule has 2 amide bonds. The van der Waals surface area contributed by atoms with Crippen molar-refractivity contribution in [3.63, 3.8) is 0 Å². The zero-order valence-electron chi connectivity index (χ0n) is 15.0. The smallest absolute Gasteiger partial charge is 0.255 e. The van der Waals surface area contributed by atoms with Gasteiger partial charge in [-0.1, -0.05) is 36.6 Å². The molecule has 2 heterocycles. The van der Waals surface area contributed by atoms with Gasteiger partial charge in [-0.15, -0.1) is 11.8 Å². The maximum absolute atomic E-state index is 13.0. The van der Waals surface area contributed by atoms with Gasteiger partial charge in [0.25, 0.3) is 5.91 Å². The zero-order chi connectivity index (χ0) is 18.1. The summed E-state index contributed by atoms with van der Waals surface area (Å²) < 4.78 is 0. The zero-order valence-corrected chi connectivity index (χ0v) is 16.5. The van der Waals surface area contributed by atoms with Crippen molar-refractivity contribution < 1.29 is 9.59 Å². The fourth-order valence-electron chi connectivity index (χ4n) is 4.59. The molecule has 1 saturated carbocycles. The van der Waals surface area contributed by atoms with Crippen LogP contribution in [0.1, 0.15) is 48.9 Å². The Balaban J connectivity index is 1.44. The largest absolute Gasteiger partial charge is 0.338 e. The van der Waals surface area contributed by atoms with Crippen molar-refractivity contribution in [2.45, 2.75) is 43.4 Å². The number of rotatable bonds is 2. The summed E-state index contributed by atoms with van der Waals surface area (Å²) in [6.07, 6.45) is 6.17. The van der Waals surface area contributed by atoms with Crippen LogP contribution in [0, 0.1) is 5.92 Å². The van der Waals surface area contributed by atoms with E-state index in [0.29, 0.717) is 29.6 Å². The van der Waals surface area contributed by atoms with Crippen LogP contribution in [0.3, 0.4) is 0 Å². The highest BCUT2D eigenvalue weighted by molar-refractivity contribution is 8.00. The summed E-state index contributed by atoms with van der Waals surface area (Å²) >= 11 is 8.11. The Morgan fingerprint density at radius 1 is 1.08 bits per heavy atom. The number of carbonyl (C=O) groups is 2. The molecule has 0 radical (unpaired) electrons. The van der Waals surface area contributed by atoms with Crippen LogP contribution in [0.5, 0.6) is 0 Å². The van der Waals surface area contributed by atoms with E-state index in [1.165, 1.54) is 12.8 Å². The summed E-state index contributed by atoms with van der Waals surface area (Å²) in [7, 11) is 0. The van der Waals surface area contributed by atoms with Gasteiger partial charge in [-0.2, -0.15) is 0 Å². The Bertz CT molecular complexity index is 697. The van der Waals surface area contributed by atoms with E-state index in [0.717, 1.165) is 38.0 Å². The van der Waals surface area contributed by atoms with Gasteiger partial charge in [0.1, 0.15) is 0 Å². The maximum atomic E-state index is 13.0. The third-order valence-corrected chi connectivity index (χ3v) is 7.97. The first kappa shape index (κ1) is 18.2. The Kier molecular flexibility index (Phi) is 5.20. The normalized spacial score (nSPS) is 23.0. The molecule has 1 spiro atoms. The molecule has 140 valence electrons. The van der Waals surface area contributed by atoms with Crippen LogP contribution in [0.2, 0.25) is 5.02 Å². The lowest BCUT2D eigenvalue weighted by atomic mass is 9.98. The molecule has 26 heavy (non-hydrogen) atoms. The van der Waals surface area contributed by atoms with E-state index < -0.39 is 0 Å². The van der Waals surface area contributed by atoms with Gasteiger partial charge in [-0.25, -0.2) is 0 Å². The van der Waals surface area contributed by atoms with Crippen molar-refractivity contribution >= 4 is 35.2 Å². The van der Waals surface area contributed by atoms with Crippen LogP contribution >= 0.6 is 23.4 Å². The molecule has 3 fully saturated rings. The Labute approximate surface area is 164 Å². The van der Waals surface area contributed by atoms with Gasteiger partial charge in [0.05, 0.1) is 15.5 Å². The molecule has 3 aliphatic rings. The minimum absolute atomic E-state index is 0.00196. The van der Waals surface area contributed by atoms with Crippen molar-refractivity contribution in [1.82, 2.24) is 9.80 Å². The van der Waals surface area contributed by atoms with Crippen LogP contribution in [-0.2, 0) is 4.79 Å². The number of hydrogen-bond acceptors (Lipinski definition) is 3. The van der Waals surface area contributed by atoms with Crippen LogP contribution < -0.4 is 0 Å². The van der Waals surface area contributed by atoms with Crippen LogP contribution in [0.15, 0.2) is 24.3 Å². The van der Waals surface area contributed by atoms with E-state index >= 15 is 0 Å². The van der Waals surface area contributed by atoms with E-state index in [2.05, 4.69) is 4.90 Å². The van der Waals surface area contributed by atoms with Gasteiger partial charge in [0.2, 0.25) is 5.91 Å². The summed E-state index contributed by atoms with van der Waals surface area (Å²) in [6, 6.07) is 7.23. The molecule has 0 aromatic heterocycles. The molecule has 0 N–H and O–H groups in total. The summed E-state index contributed by atoms with van der Waals surface area (Å²) in [5.41, 5.74) is 0.572. The summed E-state index contributed by atoms with van der Waals surface area (Å²) in [5, 5.41) is 0.506. The number of nitrogens with zero attached hydrogens (tertiary/aromatic N) is 2. The molecule has 4 rings (SSSR count). The molecule has 2 aliphatic heterocycles. The number of benzene rings is 1. The van der Waals surface area contributed by atoms with Crippen molar-refractivity contribution in [2.75, 3.05) is 25.4 Å². The lowest BCUT2D eigenvalue weighted by molar-refractivity contribution is -0.138. The molecule has 1 aromatic carbocycles. The highest BCUT2D eigenvalue weighted by Gasteiger charge is 2.48. The summed E-state index contributed by atoms with van der Waals surface area (Å²) in [4.78, 5) is 29.8. The van der Waals surface area contributed by atoms with Crippen molar-refractivity contribution in [3.8, 4) is 0 Å². The number of piperidine rings is 1. The monoisotopic (exact) mass is 392 g/mol. The lowest BCUT2D eigenvalue weighted by Gasteiger charge is -2.44. The molecule has 6 heteroatoms. The highest BCUT2D eigenvalue weighted by Crippen LogP contribution is 2.45. The number of likely N-dealkylation sites (tertiary alicyclic amines) is 1. The number of hydrogen-bond donors (Lipinski definition) is 0. The molecular formula is C20H25ClN2O2S. The second-order valence-electron chi connectivity index (χ2n) is 7.54. The van der Waals surface area contributed by atoms with Crippen LogP contribution in [0.4, 0.5) is 0 Å². The standard InChI is InChI=1S/C20H25ClN2O2S/c21-17-8-4-3-7-16(17)19(25)22-11-9-20(10-12-22)23(13-14-26-20)18(24)15-5-1-2-6-15/h3-4,7-8,15H,1-2,5-6,9-14H2. The first-order valence-corrected chi connectivity index (χ1v) is 11.0. The minimum atomic E-state index is -0.100.